The van der Waals surface area contributed by atoms with Gasteiger partial charge in [-0.05, 0) is 11.6 Å². The van der Waals surface area contributed by atoms with E-state index in [-0.39, 0.29) is 11.4 Å². The average molecular weight is 241 g/mol. The minimum atomic E-state index is -3.20. The highest BCUT2D eigenvalue weighted by Crippen LogP contribution is 2.14. The molecule has 0 unspecified atom stereocenters. The van der Waals surface area contributed by atoms with Gasteiger partial charge in [-0.15, -0.1) is 0 Å². The fourth-order valence-electron chi connectivity index (χ4n) is 1.02. The number of hydrogen-bond acceptors (Lipinski definition) is 4. The molecule has 0 saturated heterocycles. The lowest BCUT2D eigenvalue weighted by Crippen LogP contribution is -1.96. The number of hydrogen-bond donors (Lipinski definition) is 0. The Kier molecular flexibility index (Phi) is 3.78. The van der Waals surface area contributed by atoms with Crippen LogP contribution in [0, 0.1) is 10.1 Å². The van der Waals surface area contributed by atoms with E-state index in [2.05, 4.69) is 0 Å². The van der Waals surface area contributed by atoms with Crippen LogP contribution in [0.2, 0.25) is 0 Å². The Hall–Kier alpha value is -1.69. The van der Waals surface area contributed by atoms with Crippen LogP contribution in [0.4, 0.5) is 5.69 Å². The predicted octanol–water partition coefficient (Wildman–Crippen LogP) is 2.00. The lowest BCUT2D eigenvalue weighted by atomic mass is 10.2. The Morgan fingerprint density at radius 1 is 1.44 bits per heavy atom. The predicted molar refractivity (Wildman–Crippen MR) is 61.6 cm³/mol. The third-order valence-electron chi connectivity index (χ3n) is 1.95. The van der Waals surface area contributed by atoms with Crippen LogP contribution < -0.4 is 0 Å². The van der Waals surface area contributed by atoms with Crippen molar-refractivity contribution in [2.45, 2.75) is 6.92 Å². The molecule has 0 atom stereocenters. The number of nitro benzene ring substituents is 1. The van der Waals surface area contributed by atoms with Gasteiger partial charge in [-0.1, -0.05) is 19.1 Å². The second-order valence-corrected chi connectivity index (χ2v) is 5.28. The highest BCUT2D eigenvalue weighted by molar-refractivity contribution is 7.94. The van der Waals surface area contributed by atoms with E-state index in [1.807, 2.05) is 0 Å². The Morgan fingerprint density at radius 2 is 2.12 bits per heavy atom. The SMILES string of the molecule is CCS(=O)(=O)C=Cc1cccc([N+](=O)[O-])c1. The smallest absolute Gasteiger partial charge is 0.258 e. The summed E-state index contributed by atoms with van der Waals surface area (Å²) in [4.78, 5) is 9.95. The Labute approximate surface area is 93.5 Å². The summed E-state index contributed by atoms with van der Waals surface area (Å²) < 4.78 is 22.3. The van der Waals surface area contributed by atoms with Gasteiger partial charge in [-0.25, -0.2) is 8.42 Å². The van der Waals surface area contributed by atoms with E-state index in [1.165, 1.54) is 31.2 Å². The van der Waals surface area contributed by atoms with Crippen molar-refractivity contribution in [2.24, 2.45) is 0 Å². The Morgan fingerprint density at radius 3 is 2.69 bits per heavy atom. The molecule has 0 amide bonds. The fraction of sp³-hybridized carbons (Fsp3) is 0.200. The van der Waals surface area contributed by atoms with Gasteiger partial charge in [0.25, 0.3) is 5.69 Å². The summed E-state index contributed by atoms with van der Waals surface area (Å²) in [5.74, 6) is 0.0123. The molecule has 0 bridgehead atoms. The minimum Gasteiger partial charge on any atom is -0.258 e. The second-order valence-electron chi connectivity index (χ2n) is 3.11. The molecule has 0 N–H and O–H groups in total. The van der Waals surface area contributed by atoms with E-state index in [0.29, 0.717) is 5.56 Å². The zero-order chi connectivity index (χ0) is 12.2. The maximum atomic E-state index is 11.2. The van der Waals surface area contributed by atoms with Crippen molar-refractivity contribution in [1.82, 2.24) is 0 Å². The zero-order valence-corrected chi connectivity index (χ0v) is 9.48. The molecule has 0 fully saturated rings. The van der Waals surface area contributed by atoms with E-state index in [4.69, 9.17) is 0 Å². The van der Waals surface area contributed by atoms with Gasteiger partial charge in [0.1, 0.15) is 0 Å². The number of non-ortho nitro benzene ring substituents is 1. The lowest BCUT2D eigenvalue weighted by Gasteiger charge is -1.94. The van der Waals surface area contributed by atoms with Gasteiger partial charge < -0.3 is 0 Å². The largest absolute Gasteiger partial charge is 0.270 e. The van der Waals surface area contributed by atoms with Crippen LogP contribution in [0.3, 0.4) is 0 Å². The van der Waals surface area contributed by atoms with E-state index >= 15 is 0 Å². The van der Waals surface area contributed by atoms with Crippen LogP contribution in [0.1, 0.15) is 12.5 Å². The molecular formula is C10H11NO4S. The first-order chi connectivity index (χ1) is 7.44. The minimum absolute atomic E-state index is 0.0123. The highest BCUT2D eigenvalue weighted by Gasteiger charge is 2.05. The van der Waals surface area contributed by atoms with Crippen molar-refractivity contribution in [3.8, 4) is 0 Å². The average Bonchev–Trinajstić information content (AvgIpc) is 2.27. The third-order valence-corrected chi connectivity index (χ3v) is 3.31. The van der Waals surface area contributed by atoms with Crippen molar-refractivity contribution in [2.75, 3.05) is 5.75 Å². The van der Waals surface area contributed by atoms with E-state index < -0.39 is 14.8 Å². The standard InChI is InChI=1S/C10H11NO4S/c1-2-16(14,15)7-6-9-4-3-5-10(8-9)11(12)13/h3-8H,2H2,1H3. The molecular weight excluding hydrogens is 230 g/mol. The fourth-order valence-corrected chi connectivity index (χ4v) is 1.58. The van der Waals surface area contributed by atoms with Crippen LogP contribution in [-0.2, 0) is 9.84 Å². The van der Waals surface area contributed by atoms with Gasteiger partial charge >= 0.3 is 0 Å². The van der Waals surface area contributed by atoms with Gasteiger partial charge in [-0.2, -0.15) is 0 Å². The Bertz CT molecular complexity index is 519. The van der Waals surface area contributed by atoms with Gasteiger partial charge in [0, 0.05) is 17.5 Å². The summed E-state index contributed by atoms with van der Waals surface area (Å²) in [5.41, 5.74) is 0.433. The van der Waals surface area contributed by atoms with Crippen LogP contribution in [0.15, 0.2) is 29.7 Å². The summed E-state index contributed by atoms with van der Waals surface area (Å²) in [6.07, 6.45) is 1.35. The van der Waals surface area contributed by atoms with E-state index in [9.17, 15) is 18.5 Å². The van der Waals surface area contributed by atoms with Crippen molar-refractivity contribution >= 4 is 21.6 Å². The van der Waals surface area contributed by atoms with Gasteiger partial charge in [0.15, 0.2) is 9.84 Å². The highest BCUT2D eigenvalue weighted by atomic mass is 32.2. The monoisotopic (exact) mass is 241 g/mol. The molecule has 0 radical (unpaired) electrons. The molecule has 0 spiro atoms. The maximum Gasteiger partial charge on any atom is 0.270 e. The summed E-state index contributed by atoms with van der Waals surface area (Å²) in [6.45, 7) is 1.53. The normalized spacial score (nSPS) is 11.8. The molecule has 6 heteroatoms. The van der Waals surface area contributed by atoms with Crippen LogP contribution >= 0.6 is 0 Å². The molecule has 0 aliphatic heterocycles. The quantitative estimate of drug-likeness (QED) is 0.596. The van der Waals surface area contributed by atoms with Crippen molar-refractivity contribution in [1.29, 1.82) is 0 Å². The molecule has 1 rings (SSSR count). The molecule has 0 aliphatic rings. The first-order valence-corrected chi connectivity index (χ1v) is 6.31. The van der Waals surface area contributed by atoms with Gasteiger partial charge in [-0.3, -0.25) is 10.1 Å². The molecule has 86 valence electrons. The van der Waals surface area contributed by atoms with Gasteiger partial charge in [0.05, 0.1) is 10.7 Å². The maximum absolute atomic E-state index is 11.2. The molecule has 5 nitrogen and oxygen atoms in total. The lowest BCUT2D eigenvalue weighted by molar-refractivity contribution is -0.384. The zero-order valence-electron chi connectivity index (χ0n) is 8.66. The molecule has 0 aromatic heterocycles. The summed E-state index contributed by atoms with van der Waals surface area (Å²) in [7, 11) is -3.20. The number of nitrogens with zero attached hydrogens (tertiary/aromatic N) is 1. The summed E-state index contributed by atoms with van der Waals surface area (Å²) in [5, 5.41) is 11.5. The first-order valence-electron chi connectivity index (χ1n) is 4.60. The molecule has 0 aliphatic carbocycles. The topological polar surface area (TPSA) is 77.3 Å². The van der Waals surface area contributed by atoms with Crippen molar-refractivity contribution in [3.05, 3.63) is 45.4 Å². The van der Waals surface area contributed by atoms with Crippen LogP contribution in [0.25, 0.3) is 6.08 Å². The molecule has 1 aromatic carbocycles. The Balaban J connectivity index is 2.99. The van der Waals surface area contributed by atoms with Crippen molar-refractivity contribution in [3.63, 3.8) is 0 Å². The van der Waals surface area contributed by atoms with E-state index in [0.717, 1.165) is 5.41 Å². The van der Waals surface area contributed by atoms with Crippen LogP contribution in [-0.4, -0.2) is 19.1 Å². The number of sulfone groups is 1. The first kappa shape index (κ1) is 12.4. The number of rotatable bonds is 4. The van der Waals surface area contributed by atoms with Gasteiger partial charge in [0.2, 0.25) is 0 Å². The molecule has 1 aromatic rings. The second kappa shape index (κ2) is 4.89. The van der Waals surface area contributed by atoms with E-state index in [1.54, 1.807) is 6.07 Å². The number of benzene rings is 1. The third kappa shape index (κ3) is 3.47. The summed E-state index contributed by atoms with van der Waals surface area (Å²) in [6, 6.07) is 5.79. The molecule has 0 heterocycles. The van der Waals surface area contributed by atoms with Crippen molar-refractivity contribution < 1.29 is 13.3 Å². The number of nitro groups is 1. The van der Waals surface area contributed by atoms with Crippen LogP contribution in [0.5, 0.6) is 0 Å². The summed E-state index contributed by atoms with van der Waals surface area (Å²) >= 11 is 0. The molecule has 16 heavy (non-hydrogen) atoms. The molecule has 0 saturated carbocycles.